The third kappa shape index (κ3) is 4.03. The zero-order chi connectivity index (χ0) is 22.2. The first-order valence-corrected chi connectivity index (χ1v) is 10.9. The summed E-state index contributed by atoms with van der Waals surface area (Å²) in [4.78, 5) is 18.6. The lowest BCUT2D eigenvalue weighted by molar-refractivity contribution is 0.0255. The molecule has 2 aromatic rings. The number of aromatic nitrogens is 1. The van der Waals surface area contributed by atoms with E-state index < -0.39 is 23.5 Å². The van der Waals surface area contributed by atoms with Crippen LogP contribution in [0.4, 0.5) is 18.0 Å². The molecule has 0 spiro atoms. The number of halogens is 3. The highest BCUT2D eigenvalue weighted by Gasteiger charge is 2.39. The predicted octanol–water partition coefficient (Wildman–Crippen LogP) is 4.77. The molecule has 2 amide bonds. The minimum absolute atomic E-state index is 0.159. The van der Waals surface area contributed by atoms with Gasteiger partial charge < -0.3 is 9.64 Å². The van der Waals surface area contributed by atoms with Crippen molar-refractivity contribution in [1.82, 2.24) is 14.9 Å². The first-order valence-electron chi connectivity index (χ1n) is 10.9. The van der Waals surface area contributed by atoms with Crippen LogP contribution in [0.15, 0.2) is 35.6 Å². The minimum atomic E-state index is -0.701. The Bertz CT molecular complexity index is 1030. The van der Waals surface area contributed by atoms with E-state index in [9.17, 15) is 18.0 Å². The molecule has 1 aromatic heterocycles. The fraction of sp³-hybridized carbons (Fsp3) is 0.435. The molecule has 0 radical (unpaired) electrons. The maximum absolute atomic E-state index is 14.2. The van der Waals surface area contributed by atoms with Crippen LogP contribution in [-0.4, -0.2) is 46.3 Å². The Morgan fingerprint density at radius 3 is 2.47 bits per heavy atom. The highest BCUT2D eigenvalue weighted by molar-refractivity contribution is 5.79. The average Bonchev–Trinajstić information content (AvgIpc) is 3.42. The normalized spacial score (nSPS) is 21.3. The molecule has 168 valence electrons. The van der Waals surface area contributed by atoms with Gasteiger partial charge in [0.1, 0.15) is 17.7 Å². The third-order valence-electron chi connectivity index (χ3n) is 6.32. The molecule has 6 nitrogen and oxygen atoms in total. The smallest absolute Gasteiger partial charge is 0.341 e. The van der Waals surface area contributed by atoms with E-state index in [0.717, 1.165) is 37.4 Å². The van der Waals surface area contributed by atoms with Crippen molar-refractivity contribution in [2.75, 3.05) is 13.1 Å². The maximum Gasteiger partial charge on any atom is 0.341 e. The van der Waals surface area contributed by atoms with E-state index in [1.54, 1.807) is 12.3 Å². The molecule has 1 aliphatic carbocycles. The predicted molar refractivity (Wildman–Crippen MR) is 111 cm³/mol. The van der Waals surface area contributed by atoms with Crippen LogP contribution in [0.5, 0.6) is 5.75 Å². The summed E-state index contributed by atoms with van der Waals surface area (Å²) in [7, 11) is 0. The number of ether oxygens (including phenoxy) is 1. The largest absolute Gasteiger partial charge is 0.484 e. The van der Waals surface area contributed by atoms with E-state index in [1.165, 1.54) is 28.2 Å². The first kappa shape index (κ1) is 20.8. The molecule has 2 aliphatic heterocycles. The van der Waals surface area contributed by atoms with Gasteiger partial charge in [0, 0.05) is 36.4 Å². The van der Waals surface area contributed by atoms with E-state index in [-0.39, 0.29) is 31.0 Å². The zero-order valence-corrected chi connectivity index (χ0v) is 17.4. The monoisotopic (exact) mass is 444 g/mol. The lowest BCUT2D eigenvalue weighted by atomic mass is 10.0. The second-order valence-corrected chi connectivity index (χ2v) is 8.55. The van der Waals surface area contributed by atoms with Gasteiger partial charge in [-0.2, -0.15) is 5.10 Å². The lowest BCUT2D eigenvalue weighted by Crippen LogP contribution is -2.58. The summed E-state index contributed by atoms with van der Waals surface area (Å²) in [6.07, 6.45) is 7.19. The number of nitrogens with zero attached hydrogens (tertiary/aromatic N) is 4. The van der Waals surface area contributed by atoms with Crippen molar-refractivity contribution in [3.63, 3.8) is 0 Å². The van der Waals surface area contributed by atoms with Crippen molar-refractivity contribution in [2.24, 2.45) is 5.10 Å². The van der Waals surface area contributed by atoms with Gasteiger partial charge in [0.05, 0.1) is 25.3 Å². The SMILES string of the molecule is O=C(N1CC(Oc2cc(C3CCCC3)ncc2F)C1)N1N=CCC1c1cc(F)cc(F)c1. The van der Waals surface area contributed by atoms with Gasteiger partial charge in [0.15, 0.2) is 11.6 Å². The first-order chi connectivity index (χ1) is 15.5. The van der Waals surface area contributed by atoms with Gasteiger partial charge in [-0.15, -0.1) is 0 Å². The maximum atomic E-state index is 14.2. The number of hydrazone groups is 1. The van der Waals surface area contributed by atoms with E-state index in [2.05, 4.69) is 10.1 Å². The summed E-state index contributed by atoms with van der Waals surface area (Å²) in [5.41, 5.74) is 1.20. The van der Waals surface area contributed by atoms with Crippen LogP contribution < -0.4 is 4.74 Å². The summed E-state index contributed by atoms with van der Waals surface area (Å²) in [6.45, 7) is 0.547. The number of carbonyl (C=O) groups excluding carboxylic acids is 1. The Morgan fingerprint density at radius 1 is 1.03 bits per heavy atom. The van der Waals surface area contributed by atoms with E-state index >= 15 is 0 Å². The van der Waals surface area contributed by atoms with Crippen LogP contribution in [0, 0.1) is 17.5 Å². The highest BCUT2D eigenvalue weighted by Crippen LogP contribution is 2.35. The second kappa shape index (κ2) is 8.44. The van der Waals surface area contributed by atoms with Gasteiger partial charge in [0.25, 0.3) is 0 Å². The molecule has 3 heterocycles. The number of urea groups is 1. The van der Waals surface area contributed by atoms with Crippen LogP contribution >= 0.6 is 0 Å². The van der Waals surface area contributed by atoms with Crippen LogP contribution in [0.25, 0.3) is 0 Å². The number of pyridine rings is 1. The van der Waals surface area contributed by atoms with Crippen LogP contribution in [0.3, 0.4) is 0 Å². The molecule has 0 N–H and O–H groups in total. The van der Waals surface area contributed by atoms with Crippen molar-refractivity contribution in [1.29, 1.82) is 0 Å². The summed E-state index contributed by atoms with van der Waals surface area (Å²) < 4.78 is 47.3. The molecule has 9 heteroatoms. The fourth-order valence-corrected chi connectivity index (χ4v) is 4.61. The highest BCUT2D eigenvalue weighted by atomic mass is 19.1. The molecular formula is C23H23F3N4O2. The van der Waals surface area contributed by atoms with Crippen molar-refractivity contribution in [3.8, 4) is 5.75 Å². The van der Waals surface area contributed by atoms with Gasteiger partial charge in [0.2, 0.25) is 0 Å². The molecule has 1 atom stereocenters. The number of amides is 2. The number of carbonyl (C=O) groups is 1. The van der Waals surface area contributed by atoms with Crippen molar-refractivity contribution in [2.45, 2.75) is 50.2 Å². The molecule has 2 fully saturated rings. The Morgan fingerprint density at radius 2 is 1.75 bits per heavy atom. The molecule has 5 rings (SSSR count). The molecular weight excluding hydrogens is 421 g/mol. The molecule has 0 bridgehead atoms. The number of benzene rings is 1. The number of hydrogen-bond donors (Lipinski definition) is 0. The van der Waals surface area contributed by atoms with Gasteiger partial charge in [-0.05, 0) is 30.5 Å². The Hall–Kier alpha value is -3.10. The molecule has 32 heavy (non-hydrogen) atoms. The fourth-order valence-electron chi connectivity index (χ4n) is 4.61. The lowest BCUT2D eigenvalue weighted by Gasteiger charge is -2.41. The zero-order valence-electron chi connectivity index (χ0n) is 17.4. The Kier molecular flexibility index (Phi) is 5.48. The number of hydrogen-bond acceptors (Lipinski definition) is 4. The molecule has 1 saturated heterocycles. The average molecular weight is 444 g/mol. The van der Waals surface area contributed by atoms with E-state index in [0.29, 0.717) is 17.9 Å². The third-order valence-corrected chi connectivity index (χ3v) is 6.32. The Labute approximate surface area is 183 Å². The van der Waals surface area contributed by atoms with Crippen molar-refractivity contribution < 1.29 is 22.7 Å². The minimum Gasteiger partial charge on any atom is -0.484 e. The Balaban J connectivity index is 1.21. The summed E-state index contributed by atoms with van der Waals surface area (Å²) in [5, 5.41) is 5.33. The summed E-state index contributed by atoms with van der Waals surface area (Å²) in [5.74, 6) is -1.42. The van der Waals surface area contributed by atoms with Gasteiger partial charge in [-0.3, -0.25) is 4.98 Å². The van der Waals surface area contributed by atoms with Crippen LogP contribution in [0.2, 0.25) is 0 Å². The summed E-state index contributed by atoms with van der Waals surface area (Å²) in [6, 6.07) is 3.93. The number of rotatable bonds is 4. The van der Waals surface area contributed by atoms with Gasteiger partial charge in [-0.1, -0.05) is 12.8 Å². The van der Waals surface area contributed by atoms with Crippen LogP contribution in [-0.2, 0) is 0 Å². The van der Waals surface area contributed by atoms with E-state index in [4.69, 9.17) is 4.74 Å². The second-order valence-electron chi connectivity index (χ2n) is 8.55. The standard InChI is InChI=1S/C23H23F3N4O2/c24-16-7-15(8-17(25)9-16)21-5-6-28-30(21)23(31)29-12-18(13-29)32-22-10-20(27-11-19(22)26)14-3-1-2-4-14/h6-11,14,18,21H,1-5,12-13H2. The quantitative estimate of drug-likeness (QED) is 0.683. The molecule has 3 aliphatic rings. The van der Waals surface area contributed by atoms with Gasteiger partial charge in [-0.25, -0.2) is 23.0 Å². The number of likely N-dealkylation sites (tertiary alicyclic amines) is 1. The summed E-state index contributed by atoms with van der Waals surface area (Å²) >= 11 is 0. The van der Waals surface area contributed by atoms with E-state index in [1.807, 2.05) is 0 Å². The van der Waals surface area contributed by atoms with Gasteiger partial charge >= 0.3 is 6.03 Å². The van der Waals surface area contributed by atoms with Crippen molar-refractivity contribution >= 4 is 12.2 Å². The van der Waals surface area contributed by atoms with Crippen LogP contribution in [0.1, 0.15) is 55.3 Å². The molecule has 1 saturated carbocycles. The van der Waals surface area contributed by atoms with Crippen molar-refractivity contribution in [3.05, 3.63) is 59.2 Å². The molecule has 1 aromatic carbocycles. The topological polar surface area (TPSA) is 58.0 Å². The molecule has 1 unspecified atom stereocenters.